The number of fused-ring (bicyclic) bond motifs is 1. The Hall–Kier alpha value is -1.75. The third-order valence-electron chi connectivity index (χ3n) is 4.23. The average molecular weight is 530 g/mol. The smallest absolute Gasteiger partial charge is 0.355 e. The number of thioether (sulfide) groups is 1. The Morgan fingerprint density at radius 1 is 1.28 bits per heavy atom. The number of ether oxygens (including phenoxy) is 2. The van der Waals surface area contributed by atoms with Gasteiger partial charge in [-0.1, -0.05) is 40.8 Å². The molecule has 7 nitrogen and oxygen atoms in total. The number of benzene rings is 1. The number of hydrogen-bond donors (Lipinski definition) is 1. The molecular weight excluding hydrogens is 507 g/mol. The van der Waals surface area contributed by atoms with E-state index in [-0.39, 0.29) is 23.8 Å². The minimum absolute atomic E-state index is 0.182. The number of carbonyl (C=O) groups is 3. The summed E-state index contributed by atoms with van der Waals surface area (Å²) in [6.07, 6.45) is 0. The van der Waals surface area contributed by atoms with E-state index in [9.17, 15) is 14.4 Å². The number of β-lactam (4-membered cyclic amide) rings is 1. The summed E-state index contributed by atoms with van der Waals surface area (Å²) in [5.74, 6) is 0.00488. The maximum atomic E-state index is 12.8. The number of nitrogens with zero attached hydrogens (tertiary/aromatic N) is 1. The van der Waals surface area contributed by atoms with Crippen LogP contribution in [0, 0.1) is 0 Å². The first kappa shape index (κ1) is 21.9. The molecular formula is C20H23IN2O5S. The highest BCUT2D eigenvalue weighted by Gasteiger charge is 2.54. The summed E-state index contributed by atoms with van der Waals surface area (Å²) >= 11 is 3.71. The zero-order valence-electron chi connectivity index (χ0n) is 16.4. The van der Waals surface area contributed by atoms with E-state index in [0.29, 0.717) is 21.6 Å². The van der Waals surface area contributed by atoms with Crippen LogP contribution in [-0.4, -0.2) is 56.5 Å². The molecule has 1 unspecified atom stereocenters. The van der Waals surface area contributed by atoms with E-state index in [1.165, 1.54) is 16.7 Å². The molecule has 9 heteroatoms. The van der Waals surface area contributed by atoms with Crippen LogP contribution in [0.15, 0.2) is 41.6 Å². The van der Waals surface area contributed by atoms with Crippen molar-refractivity contribution in [2.45, 2.75) is 37.8 Å². The molecule has 2 atom stereocenters. The van der Waals surface area contributed by atoms with Crippen LogP contribution in [-0.2, 0) is 19.1 Å². The predicted molar refractivity (Wildman–Crippen MR) is 119 cm³/mol. The topological polar surface area (TPSA) is 84.9 Å². The lowest BCUT2D eigenvalue weighted by atomic mass is 10.0. The van der Waals surface area contributed by atoms with Crippen molar-refractivity contribution >= 4 is 52.1 Å². The van der Waals surface area contributed by atoms with Crippen molar-refractivity contribution in [1.29, 1.82) is 0 Å². The summed E-state index contributed by atoms with van der Waals surface area (Å²) in [6.45, 7) is 5.19. The van der Waals surface area contributed by atoms with Crippen molar-refractivity contribution in [2.75, 3.05) is 16.8 Å². The Morgan fingerprint density at radius 3 is 2.59 bits per heavy atom. The molecule has 0 bridgehead atoms. The van der Waals surface area contributed by atoms with Gasteiger partial charge in [0, 0.05) is 10.2 Å². The summed E-state index contributed by atoms with van der Waals surface area (Å²) in [7, 11) is 0. The predicted octanol–water partition coefficient (Wildman–Crippen LogP) is 2.50. The second-order valence-corrected chi connectivity index (χ2v) is 9.51. The molecule has 2 heterocycles. The minimum Gasteiger partial charge on any atom is -0.484 e. The molecule has 0 aromatic heterocycles. The molecule has 1 fully saturated rings. The van der Waals surface area contributed by atoms with Crippen LogP contribution in [0.2, 0.25) is 0 Å². The normalized spacial score (nSPS) is 21.2. The van der Waals surface area contributed by atoms with E-state index in [1.807, 2.05) is 18.2 Å². The van der Waals surface area contributed by atoms with E-state index in [1.54, 1.807) is 32.9 Å². The zero-order chi connectivity index (χ0) is 21.2. The van der Waals surface area contributed by atoms with Gasteiger partial charge in [-0.2, -0.15) is 0 Å². The molecule has 29 heavy (non-hydrogen) atoms. The largest absolute Gasteiger partial charge is 0.484 e. The lowest BCUT2D eigenvalue weighted by Crippen LogP contribution is -2.71. The summed E-state index contributed by atoms with van der Waals surface area (Å²) < 4.78 is 11.6. The van der Waals surface area contributed by atoms with E-state index in [0.717, 1.165) is 5.57 Å². The molecule has 3 rings (SSSR count). The Morgan fingerprint density at radius 2 is 1.97 bits per heavy atom. The van der Waals surface area contributed by atoms with Gasteiger partial charge in [0.1, 0.15) is 28.5 Å². The first-order chi connectivity index (χ1) is 13.7. The molecule has 1 aromatic rings. The van der Waals surface area contributed by atoms with Crippen molar-refractivity contribution < 1.29 is 23.9 Å². The van der Waals surface area contributed by atoms with Crippen LogP contribution in [0.1, 0.15) is 20.8 Å². The van der Waals surface area contributed by atoms with Crippen LogP contribution in [0.5, 0.6) is 5.75 Å². The molecule has 156 valence electrons. The molecule has 0 aliphatic carbocycles. The zero-order valence-corrected chi connectivity index (χ0v) is 19.4. The molecule has 1 N–H and O–H groups in total. The highest BCUT2D eigenvalue weighted by molar-refractivity contribution is 14.1. The van der Waals surface area contributed by atoms with Gasteiger partial charge in [-0.3, -0.25) is 14.5 Å². The summed E-state index contributed by atoms with van der Waals surface area (Å²) in [5, 5.41) is 2.40. The van der Waals surface area contributed by atoms with Crippen molar-refractivity contribution in [1.82, 2.24) is 10.2 Å². The molecule has 2 amide bonds. The fourth-order valence-corrected chi connectivity index (χ4v) is 5.32. The van der Waals surface area contributed by atoms with Crippen LogP contribution in [0.25, 0.3) is 0 Å². The Bertz CT molecular complexity index is 837. The maximum absolute atomic E-state index is 12.8. The number of carbonyl (C=O) groups excluding carboxylic acids is 3. The summed E-state index contributed by atoms with van der Waals surface area (Å²) in [5.41, 5.74) is 0.525. The molecule has 2 aliphatic heterocycles. The highest BCUT2D eigenvalue weighted by atomic mass is 127. The number of halogens is 1. The van der Waals surface area contributed by atoms with Crippen LogP contribution in [0.4, 0.5) is 0 Å². The highest BCUT2D eigenvalue weighted by Crippen LogP contribution is 2.41. The Balaban J connectivity index is 1.65. The summed E-state index contributed by atoms with van der Waals surface area (Å²) in [4.78, 5) is 39.2. The fraction of sp³-hybridized carbons (Fsp3) is 0.450. The molecule has 0 radical (unpaired) electrons. The summed E-state index contributed by atoms with van der Waals surface area (Å²) in [6, 6.07) is 8.31. The van der Waals surface area contributed by atoms with Gasteiger partial charge in [0.2, 0.25) is 0 Å². The van der Waals surface area contributed by atoms with Crippen LogP contribution >= 0.6 is 34.4 Å². The van der Waals surface area contributed by atoms with Gasteiger partial charge in [-0.05, 0) is 38.5 Å². The third kappa shape index (κ3) is 5.06. The van der Waals surface area contributed by atoms with E-state index in [4.69, 9.17) is 9.47 Å². The third-order valence-corrected chi connectivity index (χ3v) is 6.49. The van der Waals surface area contributed by atoms with E-state index < -0.39 is 17.6 Å². The average Bonchev–Trinajstić information content (AvgIpc) is 2.68. The second-order valence-electron chi connectivity index (χ2n) is 7.64. The fourth-order valence-electron chi connectivity index (χ4n) is 2.98. The van der Waals surface area contributed by atoms with Gasteiger partial charge in [0.15, 0.2) is 6.61 Å². The lowest BCUT2D eigenvalue weighted by molar-refractivity contribution is -0.159. The van der Waals surface area contributed by atoms with Crippen molar-refractivity contribution in [3.63, 3.8) is 0 Å². The van der Waals surface area contributed by atoms with Gasteiger partial charge in [-0.15, -0.1) is 11.8 Å². The van der Waals surface area contributed by atoms with E-state index >= 15 is 0 Å². The van der Waals surface area contributed by atoms with Crippen molar-refractivity contribution in [3.05, 3.63) is 41.6 Å². The Labute approximate surface area is 187 Å². The van der Waals surface area contributed by atoms with Gasteiger partial charge >= 0.3 is 5.97 Å². The molecule has 1 saturated heterocycles. The van der Waals surface area contributed by atoms with Crippen molar-refractivity contribution in [2.24, 2.45) is 0 Å². The standard InChI is InChI=1S/C20H23IN2O5S/c1-20(2,3)28-19(26)16-12(9-21)11-29-18-15(17(25)23(16)18)22-14(24)10-27-13-7-5-4-6-8-13/h4-8,15,18H,9-11H2,1-3H3,(H,22,24)/t15?,18-/m1/s1. The monoisotopic (exact) mass is 530 g/mol. The number of nitrogens with one attached hydrogen (secondary N) is 1. The van der Waals surface area contributed by atoms with Gasteiger partial charge in [0.25, 0.3) is 11.8 Å². The quantitative estimate of drug-likeness (QED) is 0.264. The van der Waals surface area contributed by atoms with Gasteiger partial charge in [0.05, 0.1) is 0 Å². The van der Waals surface area contributed by atoms with Gasteiger partial charge in [-0.25, -0.2) is 4.79 Å². The van der Waals surface area contributed by atoms with E-state index in [2.05, 4.69) is 27.9 Å². The molecule has 0 saturated carbocycles. The molecule has 0 spiro atoms. The number of hydrogen-bond acceptors (Lipinski definition) is 6. The number of amides is 2. The SMILES string of the molecule is CC(C)(C)OC(=O)C1=C(CI)CS[C@@H]2C(NC(=O)COc3ccccc3)C(=O)N12. The minimum atomic E-state index is -0.680. The lowest BCUT2D eigenvalue weighted by Gasteiger charge is -2.49. The number of esters is 1. The van der Waals surface area contributed by atoms with Crippen LogP contribution in [0.3, 0.4) is 0 Å². The second kappa shape index (κ2) is 8.95. The number of para-hydroxylation sites is 1. The first-order valence-electron chi connectivity index (χ1n) is 9.14. The molecule has 2 aliphatic rings. The first-order valence-corrected chi connectivity index (χ1v) is 11.7. The molecule has 1 aromatic carbocycles. The Kier molecular flexibility index (Phi) is 6.77. The number of alkyl halides is 1. The van der Waals surface area contributed by atoms with Gasteiger partial charge < -0.3 is 14.8 Å². The maximum Gasteiger partial charge on any atom is 0.355 e. The number of rotatable bonds is 6. The van der Waals surface area contributed by atoms with Crippen LogP contribution < -0.4 is 10.1 Å². The van der Waals surface area contributed by atoms with Crippen molar-refractivity contribution in [3.8, 4) is 5.75 Å².